The van der Waals surface area contributed by atoms with E-state index in [-0.39, 0.29) is 5.78 Å². The minimum atomic E-state index is -0.985. The number of rotatable bonds is 2. The van der Waals surface area contributed by atoms with Crippen LogP contribution in [0.2, 0.25) is 0 Å². The third kappa shape index (κ3) is 1.65. The molecule has 6 heteroatoms. The van der Waals surface area contributed by atoms with Crippen molar-refractivity contribution in [2.75, 3.05) is 0 Å². The molecule has 0 unspecified atom stereocenters. The highest BCUT2D eigenvalue weighted by atomic mass is 32.1. The topological polar surface area (TPSA) is 80.2 Å². The molecule has 1 heterocycles. The van der Waals surface area contributed by atoms with Crippen LogP contribution in [0.25, 0.3) is 0 Å². The summed E-state index contributed by atoms with van der Waals surface area (Å²) in [6.45, 7) is 0. The largest absolute Gasteiger partial charge is 0.481 e. The number of nitrogens with zero attached hydrogens (tertiary/aromatic N) is 2. The summed E-state index contributed by atoms with van der Waals surface area (Å²) in [6.07, 6.45) is 1.33. The second kappa shape index (κ2) is 3.69. The van der Waals surface area contributed by atoms with Crippen molar-refractivity contribution in [2.24, 2.45) is 0 Å². The van der Waals surface area contributed by atoms with E-state index in [1.165, 1.54) is 0 Å². The van der Waals surface area contributed by atoms with Gasteiger partial charge in [-0.2, -0.15) is 0 Å². The lowest BCUT2D eigenvalue weighted by Crippen LogP contribution is -2.40. The number of hydrogen-bond donors (Lipinski definition) is 1. The average molecular weight is 226 g/mol. The van der Waals surface area contributed by atoms with E-state index in [0.29, 0.717) is 31.4 Å². The van der Waals surface area contributed by atoms with Crippen LogP contribution in [-0.2, 0) is 15.0 Å². The summed E-state index contributed by atoms with van der Waals surface area (Å²) in [5.74, 6) is -0.766. The van der Waals surface area contributed by atoms with Gasteiger partial charge in [-0.15, -0.1) is 5.10 Å². The summed E-state index contributed by atoms with van der Waals surface area (Å²) in [7, 11) is 0. The van der Waals surface area contributed by atoms with Gasteiger partial charge in [0.05, 0.1) is 5.69 Å². The van der Waals surface area contributed by atoms with E-state index in [4.69, 9.17) is 0 Å². The first-order chi connectivity index (χ1) is 7.15. The summed E-state index contributed by atoms with van der Waals surface area (Å²) in [4.78, 5) is 22.4. The molecule has 0 saturated heterocycles. The van der Waals surface area contributed by atoms with Crippen LogP contribution >= 0.6 is 11.5 Å². The molecular weight excluding hydrogens is 216 g/mol. The van der Waals surface area contributed by atoms with Crippen LogP contribution in [0.3, 0.4) is 0 Å². The van der Waals surface area contributed by atoms with Crippen molar-refractivity contribution in [1.82, 2.24) is 9.59 Å². The summed E-state index contributed by atoms with van der Waals surface area (Å²) in [5.41, 5.74) is -0.492. The molecule has 1 aliphatic carbocycles. The number of carboxylic acids is 1. The maximum atomic E-state index is 11.3. The smallest absolute Gasteiger partial charge is 0.315 e. The van der Waals surface area contributed by atoms with Crippen LogP contribution in [-0.4, -0.2) is 26.4 Å². The van der Waals surface area contributed by atoms with E-state index >= 15 is 0 Å². The van der Waals surface area contributed by atoms with E-state index in [2.05, 4.69) is 9.59 Å². The molecule has 5 nitrogen and oxygen atoms in total. The van der Waals surface area contributed by atoms with E-state index in [1.54, 1.807) is 5.38 Å². The fourth-order valence-corrected chi connectivity index (χ4v) is 2.46. The van der Waals surface area contributed by atoms with Crippen LogP contribution in [0, 0.1) is 0 Å². The molecule has 0 aliphatic heterocycles. The van der Waals surface area contributed by atoms with Gasteiger partial charge in [-0.25, -0.2) is 0 Å². The zero-order chi connectivity index (χ0) is 10.9. The lowest BCUT2D eigenvalue weighted by molar-refractivity contribution is -0.146. The van der Waals surface area contributed by atoms with Gasteiger partial charge in [0.2, 0.25) is 0 Å². The van der Waals surface area contributed by atoms with Gasteiger partial charge in [0, 0.05) is 18.2 Å². The lowest BCUT2D eigenvalue weighted by atomic mass is 9.72. The Morgan fingerprint density at radius 2 is 2.13 bits per heavy atom. The Kier molecular flexibility index (Phi) is 2.52. The Morgan fingerprint density at radius 3 is 2.60 bits per heavy atom. The van der Waals surface area contributed by atoms with Gasteiger partial charge in [-0.3, -0.25) is 9.59 Å². The third-order valence-electron chi connectivity index (χ3n) is 2.92. The monoisotopic (exact) mass is 226 g/mol. The van der Waals surface area contributed by atoms with Crippen LogP contribution in [0.5, 0.6) is 0 Å². The second-order valence-corrected chi connectivity index (χ2v) is 4.33. The molecule has 1 saturated carbocycles. The van der Waals surface area contributed by atoms with Crippen molar-refractivity contribution < 1.29 is 14.7 Å². The lowest BCUT2D eigenvalue weighted by Gasteiger charge is -2.30. The second-order valence-electron chi connectivity index (χ2n) is 3.72. The fourth-order valence-electron chi connectivity index (χ4n) is 1.91. The van der Waals surface area contributed by atoms with Gasteiger partial charge in [0.1, 0.15) is 11.2 Å². The van der Waals surface area contributed by atoms with E-state index in [0.717, 1.165) is 11.5 Å². The number of carboxylic acid groups (broad SMARTS) is 1. The van der Waals surface area contributed by atoms with E-state index in [1.807, 2.05) is 0 Å². The SMILES string of the molecule is O=C1CCC(C(=O)O)(c2csnn2)CC1. The Morgan fingerprint density at radius 1 is 1.47 bits per heavy atom. The summed E-state index contributed by atoms with van der Waals surface area (Å²) < 4.78 is 3.69. The van der Waals surface area contributed by atoms with Gasteiger partial charge in [0.15, 0.2) is 0 Å². The number of ketones is 1. The molecule has 1 fully saturated rings. The average Bonchev–Trinajstić information content (AvgIpc) is 2.72. The van der Waals surface area contributed by atoms with Crippen molar-refractivity contribution in [3.05, 3.63) is 11.1 Å². The van der Waals surface area contributed by atoms with Gasteiger partial charge in [0.25, 0.3) is 0 Å². The molecule has 2 rings (SSSR count). The van der Waals surface area contributed by atoms with Crippen molar-refractivity contribution in [3.8, 4) is 0 Å². The Bertz CT molecular complexity index is 378. The third-order valence-corrected chi connectivity index (χ3v) is 3.43. The zero-order valence-corrected chi connectivity index (χ0v) is 8.79. The molecule has 1 aromatic heterocycles. The molecule has 0 spiro atoms. The van der Waals surface area contributed by atoms with Crippen molar-refractivity contribution in [3.63, 3.8) is 0 Å². The molecule has 1 aliphatic rings. The van der Waals surface area contributed by atoms with E-state index < -0.39 is 11.4 Å². The molecule has 15 heavy (non-hydrogen) atoms. The Labute approximate surface area is 90.3 Å². The van der Waals surface area contributed by atoms with Crippen LogP contribution in [0.4, 0.5) is 0 Å². The quantitative estimate of drug-likeness (QED) is 0.813. The normalized spacial score (nSPS) is 20.1. The summed E-state index contributed by atoms with van der Waals surface area (Å²) in [6, 6.07) is 0. The minimum absolute atomic E-state index is 0.134. The molecule has 0 atom stereocenters. The predicted octanol–water partition coefficient (Wildman–Crippen LogP) is 1.00. The van der Waals surface area contributed by atoms with Crippen molar-refractivity contribution >= 4 is 23.3 Å². The highest BCUT2D eigenvalue weighted by Gasteiger charge is 2.45. The van der Waals surface area contributed by atoms with Gasteiger partial charge >= 0.3 is 5.97 Å². The van der Waals surface area contributed by atoms with Gasteiger partial charge in [-0.1, -0.05) is 4.49 Å². The Hall–Kier alpha value is -1.30. The maximum absolute atomic E-state index is 11.3. The summed E-state index contributed by atoms with van der Waals surface area (Å²) >= 11 is 1.14. The molecule has 0 radical (unpaired) electrons. The number of carbonyl (C=O) groups is 2. The number of carbonyl (C=O) groups excluding carboxylic acids is 1. The zero-order valence-electron chi connectivity index (χ0n) is 7.97. The number of aromatic nitrogens is 2. The van der Waals surface area contributed by atoms with Crippen LogP contribution in [0.1, 0.15) is 31.4 Å². The predicted molar refractivity (Wildman–Crippen MR) is 52.7 cm³/mol. The molecular formula is C9H10N2O3S. The molecule has 0 bridgehead atoms. The minimum Gasteiger partial charge on any atom is -0.481 e. The number of hydrogen-bond acceptors (Lipinski definition) is 5. The number of aliphatic carboxylic acids is 1. The molecule has 0 amide bonds. The van der Waals surface area contributed by atoms with Crippen LogP contribution < -0.4 is 0 Å². The van der Waals surface area contributed by atoms with E-state index in [9.17, 15) is 14.7 Å². The van der Waals surface area contributed by atoms with Crippen LogP contribution in [0.15, 0.2) is 5.38 Å². The highest BCUT2D eigenvalue weighted by Crippen LogP contribution is 2.37. The summed E-state index contributed by atoms with van der Waals surface area (Å²) in [5, 5.41) is 14.8. The fraction of sp³-hybridized carbons (Fsp3) is 0.556. The van der Waals surface area contributed by atoms with Gasteiger partial charge in [-0.05, 0) is 24.4 Å². The first kappa shape index (κ1) is 10.2. The molecule has 80 valence electrons. The first-order valence-electron chi connectivity index (χ1n) is 4.68. The van der Waals surface area contributed by atoms with Gasteiger partial charge < -0.3 is 5.11 Å². The Balaban J connectivity index is 2.34. The molecule has 1 N–H and O–H groups in total. The highest BCUT2D eigenvalue weighted by molar-refractivity contribution is 7.03. The maximum Gasteiger partial charge on any atom is 0.315 e. The van der Waals surface area contributed by atoms with Crippen molar-refractivity contribution in [1.29, 1.82) is 0 Å². The van der Waals surface area contributed by atoms with Crippen molar-refractivity contribution in [2.45, 2.75) is 31.1 Å². The first-order valence-corrected chi connectivity index (χ1v) is 5.51. The number of Topliss-reactive ketones (excluding diaryl/α,β-unsaturated/α-hetero) is 1. The molecule has 1 aromatic rings. The molecule has 0 aromatic carbocycles. The standard InChI is InChI=1S/C9H10N2O3S/c12-6-1-3-9(4-2-6,8(13)14)7-5-15-11-10-7/h5H,1-4H2,(H,13,14).